The second-order valence-corrected chi connectivity index (χ2v) is 4.26. The van der Waals surface area contributed by atoms with Crippen molar-refractivity contribution < 1.29 is 14.7 Å². The summed E-state index contributed by atoms with van der Waals surface area (Å²) in [5.74, 6) is -1.24. The van der Waals surface area contributed by atoms with Crippen LogP contribution in [-0.2, 0) is 22.6 Å². The van der Waals surface area contributed by atoms with Crippen LogP contribution in [0.1, 0.15) is 25.5 Å². The number of nitrogens with zero attached hydrogens (tertiary/aromatic N) is 3. The second kappa shape index (κ2) is 7.47. The van der Waals surface area contributed by atoms with Crippen LogP contribution in [-0.4, -0.2) is 44.6 Å². The number of hydrogen-bond donors (Lipinski definition) is 3. The minimum absolute atomic E-state index is 0.0685. The topological polar surface area (TPSA) is 123 Å². The van der Waals surface area contributed by atoms with Crippen molar-refractivity contribution in [3.05, 3.63) is 11.9 Å². The number of carbonyl (C=O) groups excluding carboxylic acids is 1. The summed E-state index contributed by atoms with van der Waals surface area (Å²) < 4.78 is 1.37. The van der Waals surface area contributed by atoms with E-state index in [-0.39, 0.29) is 18.9 Å². The summed E-state index contributed by atoms with van der Waals surface area (Å²) in [6, 6.07) is -1.01. The van der Waals surface area contributed by atoms with Gasteiger partial charge in [0.2, 0.25) is 5.91 Å². The van der Waals surface area contributed by atoms with Gasteiger partial charge in [-0.3, -0.25) is 9.59 Å². The zero-order valence-electron chi connectivity index (χ0n) is 10.9. The highest BCUT2D eigenvalue weighted by molar-refractivity contribution is 5.75. The average Bonchev–Trinajstić information content (AvgIpc) is 2.76. The molecule has 0 aliphatic rings. The highest BCUT2D eigenvalue weighted by atomic mass is 16.4. The Morgan fingerprint density at radius 2 is 2.32 bits per heavy atom. The van der Waals surface area contributed by atoms with E-state index in [1.54, 1.807) is 0 Å². The number of carboxylic acid groups (broad SMARTS) is 1. The van der Waals surface area contributed by atoms with Gasteiger partial charge >= 0.3 is 5.97 Å². The number of aromatic nitrogens is 3. The molecule has 8 heteroatoms. The predicted molar refractivity (Wildman–Crippen MR) is 67.3 cm³/mol. The fraction of sp³-hybridized carbons (Fsp3) is 0.636. The first-order valence-corrected chi connectivity index (χ1v) is 6.17. The van der Waals surface area contributed by atoms with E-state index in [2.05, 4.69) is 15.6 Å². The van der Waals surface area contributed by atoms with Crippen LogP contribution in [0, 0.1) is 0 Å². The molecule has 19 heavy (non-hydrogen) atoms. The molecular weight excluding hydrogens is 250 g/mol. The van der Waals surface area contributed by atoms with E-state index >= 15 is 0 Å². The summed E-state index contributed by atoms with van der Waals surface area (Å²) in [5, 5.41) is 19.0. The van der Waals surface area contributed by atoms with E-state index in [1.807, 2.05) is 6.92 Å². The van der Waals surface area contributed by atoms with Gasteiger partial charge < -0.3 is 16.2 Å². The molecule has 0 bridgehead atoms. The summed E-state index contributed by atoms with van der Waals surface area (Å²) in [6.45, 7) is 2.75. The maximum Gasteiger partial charge on any atom is 0.320 e. The summed E-state index contributed by atoms with van der Waals surface area (Å²) >= 11 is 0. The Kier molecular flexibility index (Phi) is 5.94. The van der Waals surface area contributed by atoms with Crippen LogP contribution in [0.2, 0.25) is 0 Å². The molecular formula is C11H19N5O3. The first-order chi connectivity index (χ1) is 9.02. The zero-order valence-corrected chi connectivity index (χ0v) is 10.9. The monoisotopic (exact) mass is 269 g/mol. The number of rotatable bonds is 8. The Labute approximate surface area is 111 Å². The minimum Gasteiger partial charge on any atom is -0.480 e. The maximum absolute atomic E-state index is 11.5. The first kappa shape index (κ1) is 15.1. The highest BCUT2D eigenvalue weighted by Crippen LogP contribution is 1.98. The van der Waals surface area contributed by atoms with E-state index in [1.165, 1.54) is 10.9 Å². The number of unbranched alkanes of at least 4 members (excludes halogenated alkanes) is 1. The van der Waals surface area contributed by atoms with Crippen LogP contribution in [0.15, 0.2) is 6.20 Å². The van der Waals surface area contributed by atoms with Crippen LogP contribution in [0.25, 0.3) is 0 Å². The molecule has 106 valence electrons. The van der Waals surface area contributed by atoms with Gasteiger partial charge in [0.05, 0.1) is 5.69 Å². The number of carbonyl (C=O) groups is 2. The minimum atomic E-state index is -1.09. The normalized spacial score (nSPS) is 12.1. The van der Waals surface area contributed by atoms with Crippen molar-refractivity contribution in [1.29, 1.82) is 0 Å². The van der Waals surface area contributed by atoms with Gasteiger partial charge in [-0.1, -0.05) is 18.6 Å². The fourth-order valence-corrected chi connectivity index (χ4v) is 1.43. The molecule has 1 rings (SSSR count). The van der Waals surface area contributed by atoms with Crippen molar-refractivity contribution in [1.82, 2.24) is 20.3 Å². The number of carboxylic acids is 1. The van der Waals surface area contributed by atoms with E-state index in [4.69, 9.17) is 10.8 Å². The molecule has 0 saturated carbocycles. The lowest BCUT2D eigenvalue weighted by Crippen LogP contribution is -2.32. The quantitative estimate of drug-likeness (QED) is 0.528. The lowest BCUT2D eigenvalue weighted by atomic mass is 10.2. The summed E-state index contributed by atoms with van der Waals surface area (Å²) in [6.07, 6.45) is 3.57. The van der Waals surface area contributed by atoms with E-state index in [0.717, 1.165) is 12.8 Å². The Morgan fingerprint density at radius 3 is 2.95 bits per heavy atom. The van der Waals surface area contributed by atoms with Crippen LogP contribution >= 0.6 is 0 Å². The Hall–Kier alpha value is -1.96. The lowest BCUT2D eigenvalue weighted by Gasteiger charge is -2.03. The van der Waals surface area contributed by atoms with Gasteiger partial charge in [-0.05, 0) is 6.42 Å². The molecule has 0 fully saturated rings. The third-order valence-electron chi connectivity index (χ3n) is 2.49. The molecule has 0 spiro atoms. The maximum atomic E-state index is 11.5. The van der Waals surface area contributed by atoms with Gasteiger partial charge in [0.15, 0.2) is 0 Å². The third-order valence-corrected chi connectivity index (χ3v) is 2.49. The molecule has 4 N–H and O–H groups in total. The Balaban J connectivity index is 2.42. The fourth-order valence-electron chi connectivity index (χ4n) is 1.43. The molecule has 1 aromatic heterocycles. The van der Waals surface area contributed by atoms with Gasteiger partial charge in [-0.25, -0.2) is 4.68 Å². The summed E-state index contributed by atoms with van der Waals surface area (Å²) in [5.41, 5.74) is 5.84. The van der Waals surface area contributed by atoms with Gasteiger partial charge in [0, 0.05) is 19.2 Å². The second-order valence-electron chi connectivity index (χ2n) is 4.26. The largest absolute Gasteiger partial charge is 0.480 e. The molecule has 0 aliphatic heterocycles. The molecule has 1 atom stereocenters. The first-order valence-electron chi connectivity index (χ1n) is 6.17. The molecule has 1 heterocycles. The number of aliphatic carboxylic acids is 1. The molecule has 0 aliphatic carbocycles. The van der Waals surface area contributed by atoms with Crippen LogP contribution in [0.3, 0.4) is 0 Å². The SMILES string of the molecule is CCCCNC(=O)Cn1cc(CC(N)C(=O)O)nn1. The van der Waals surface area contributed by atoms with Crippen molar-refractivity contribution in [3.8, 4) is 0 Å². The molecule has 1 amide bonds. The summed E-state index contributed by atoms with van der Waals surface area (Å²) in [4.78, 5) is 22.1. The van der Waals surface area contributed by atoms with Gasteiger partial charge in [0.1, 0.15) is 12.6 Å². The number of hydrogen-bond acceptors (Lipinski definition) is 5. The Morgan fingerprint density at radius 1 is 1.58 bits per heavy atom. The number of nitrogens with two attached hydrogens (primary N) is 1. The average molecular weight is 269 g/mol. The number of amides is 1. The zero-order chi connectivity index (χ0) is 14.3. The molecule has 1 unspecified atom stereocenters. The molecule has 8 nitrogen and oxygen atoms in total. The molecule has 0 saturated heterocycles. The Bertz CT molecular complexity index is 432. The van der Waals surface area contributed by atoms with Gasteiger partial charge in [-0.2, -0.15) is 0 Å². The van der Waals surface area contributed by atoms with E-state index in [0.29, 0.717) is 12.2 Å². The van der Waals surface area contributed by atoms with Crippen molar-refractivity contribution >= 4 is 11.9 Å². The molecule has 0 aromatic carbocycles. The summed E-state index contributed by atoms with van der Waals surface area (Å²) in [7, 11) is 0. The van der Waals surface area contributed by atoms with Crippen molar-refractivity contribution in [2.24, 2.45) is 5.73 Å². The smallest absolute Gasteiger partial charge is 0.320 e. The van der Waals surface area contributed by atoms with Gasteiger partial charge in [-0.15, -0.1) is 5.10 Å². The van der Waals surface area contributed by atoms with Crippen molar-refractivity contribution in [3.63, 3.8) is 0 Å². The van der Waals surface area contributed by atoms with Crippen molar-refractivity contribution in [2.75, 3.05) is 6.54 Å². The lowest BCUT2D eigenvalue weighted by molar-refractivity contribution is -0.138. The standard InChI is InChI=1S/C11H19N5O3/c1-2-3-4-13-10(17)7-16-6-8(14-15-16)5-9(12)11(18)19/h6,9H,2-5,7,12H2,1H3,(H,13,17)(H,18,19). The van der Waals surface area contributed by atoms with Crippen LogP contribution in [0.4, 0.5) is 0 Å². The third kappa shape index (κ3) is 5.47. The number of nitrogens with one attached hydrogen (secondary N) is 1. The van der Waals surface area contributed by atoms with Crippen LogP contribution < -0.4 is 11.1 Å². The highest BCUT2D eigenvalue weighted by Gasteiger charge is 2.14. The van der Waals surface area contributed by atoms with Crippen LogP contribution in [0.5, 0.6) is 0 Å². The van der Waals surface area contributed by atoms with Gasteiger partial charge in [0.25, 0.3) is 0 Å². The van der Waals surface area contributed by atoms with E-state index in [9.17, 15) is 9.59 Å². The molecule has 0 radical (unpaired) electrons. The van der Waals surface area contributed by atoms with E-state index < -0.39 is 12.0 Å². The molecule has 1 aromatic rings. The predicted octanol–water partition coefficient (Wildman–Crippen LogP) is -0.851. The van der Waals surface area contributed by atoms with Crippen molar-refractivity contribution in [2.45, 2.75) is 38.8 Å².